The number of hydrogen-bond donors (Lipinski definition) is 2. The van der Waals surface area contributed by atoms with E-state index in [1.165, 1.54) is 0 Å². The van der Waals surface area contributed by atoms with Crippen molar-refractivity contribution in [3.05, 3.63) is 30.1 Å². The van der Waals surface area contributed by atoms with Crippen molar-refractivity contribution < 1.29 is 14.6 Å². The van der Waals surface area contributed by atoms with Crippen LogP contribution in [0.25, 0.3) is 0 Å². The van der Waals surface area contributed by atoms with Gasteiger partial charge in [0.15, 0.2) is 0 Å². The first kappa shape index (κ1) is 16.4. The second-order valence-electron chi connectivity index (χ2n) is 6.98. The molecule has 2 heterocycles. The van der Waals surface area contributed by atoms with E-state index in [4.69, 9.17) is 10.5 Å². The van der Waals surface area contributed by atoms with E-state index in [1.54, 1.807) is 12.4 Å². The van der Waals surface area contributed by atoms with E-state index in [0.29, 0.717) is 12.3 Å². The molecule has 1 saturated heterocycles. The first-order valence-corrected chi connectivity index (χ1v) is 8.66. The molecule has 0 aromatic carbocycles. The third-order valence-corrected chi connectivity index (χ3v) is 5.32. The Labute approximate surface area is 137 Å². The van der Waals surface area contributed by atoms with Crippen molar-refractivity contribution in [3.63, 3.8) is 0 Å². The SMILES string of the molecule is N[C@@H](CC1CCCC(C(O)c2ccncc2)C1)[C@@H]1CCC(=O)O1. The molecular formula is C18H26N2O3. The van der Waals surface area contributed by atoms with Gasteiger partial charge >= 0.3 is 5.97 Å². The molecule has 2 aliphatic rings. The zero-order chi connectivity index (χ0) is 16.2. The number of aliphatic hydroxyl groups is 1. The summed E-state index contributed by atoms with van der Waals surface area (Å²) in [6, 6.07) is 3.69. The van der Waals surface area contributed by atoms with Crippen LogP contribution < -0.4 is 5.73 Å². The number of hydrogen-bond acceptors (Lipinski definition) is 5. The summed E-state index contributed by atoms with van der Waals surface area (Å²) < 4.78 is 5.29. The van der Waals surface area contributed by atoms with Crippen LogP contribution in [0.2, 0.25) is 0 Å². The van der Waals surface area contributed by atoms with Crippen LogP contribution in [0.3, 0.4) is 0 Å². The summed E-state index contributed by atoms with van der Waals surface area (Å²) >= 11 is 0. The van der Waals surface area contributed by atoms with Gasteiger partial charge in [-0.1, -0.05) is 12.8 Å². The minimum Gasteiger partial charge on any atom is -0.461 e. The normalized spacial score (nSPS) is 30.7. The first-order chi connectivity index (χ1) is 11.1. The Balaban J connectivity index is 1.54. The second-order valence-corrected chi connectivity index (χ2v) is 6.98. The third-order valence-electron chi connectivity index (χ3n) is 5.32. The summed E-state index contributed by atoms with van der Waals surface area (Å²) in [5, 5.41) is 10.6. The van der Waals surface area contributed by atoms with Crippen LogP contribution in [0.4, 0.5) is 0 Å². The molecule has 3 unspecified atom stereocenters. The average molecular weight is 318 g/mol. The lowest BCUT2D eigenvalue weighted by Crippen LogP contribution is -2.37. The largest absolute Gasteiger partial charge is 0.461 e. The highest BCUT2D eigenvalue weighted by Crippen LogP contribution is 2.39. The van der Waals surface area contributed by atoms with Gasteiger partial charge in [0, 0.05) is 24.9 Å². The van der Waals surface area contributed by atoms with Crippen molar-refractivity contribution in [3.8, 4) is 0 Å². The highest BCUT2D eigenvalue weighted by Gasteiger charge is 2.33. The summed E-state index contributed by atoms with van der Waals surface area (Å²) in [7, 11) is 0. The molecule has 2 fully saturated rings. The fourth-order valence-electron chi connectivity index (χ4n) is 4.05. The molecule has 3 rings (SSSR count). The number of nitrogens with two attached hydrogens (primary N) is 1. The monoisotopic (exact) mass is 318 g/mol. The molecule has 1 aliphatic heterocycles. The van der Waals surface area contributed by atoms with Crippen molar-refractivity contribution in [2.45, 2.75) is 63.2 Å². The maximum Gasteiger partial charge on any atom is 0.306 e. The topological polar surface area (TPSA) is 85.4 Å². The second kappa shape index (κ2) is 7.41. The third kappa shape index (κ3) is 4.09. The van der Waals surface area contributed by atoms with Crippen molar-refractivity contribution in [2.75, 3.05) is 0 Å². The van der Waals surface area contributed by atoms with E-state index in [1.807, 2.05) is 12.1 Å². The van der Waals surface area contributed by atoms with E-state index < -0.39 is 6.10 Å². The predicted molar refractivity (Wildman–Crippen MR) is 86.4 cm³/mol. The Morgan fingerprint density at radius 3 is 2.78 bits per heavy atom. The van der Waals surface area contributed by atoms with Gasteiger partial charge in [0.2, 0.25) is 0 Å². The quantitative estimate of drug-likeness (QED) is 0.814. The fourth-order valence-corrected chi connectivity index (χ4v) is 4.05. The molecule has 23 heavy (non-hydrogen) atoms. The van der Waals surface area contributed by atoms with Gasteiger partial charge in [-0.15, -0.1) is 0 Å². The van der Waals surface area contributed by atoms with Crippen molar-refractivity contribution in [2.24, 2.45) is 17.6 Å². The number of carbonyl (C=O) groups is 1. The summed E-state index contributed by atoms with van der Waals surface area (Å²) in [6.45, 7) is 0. The molecule has 0 spiro atoms. The molecule has 5 heteroatoms. The zero-order valence-electron chi connectivity index (χ0n) is 13.4. The van der Waals surface area contributed by atoms with Crippen LogP contribution >= 0.6 is 0 Å². The summed E-state index contributed by atoms with van der Waals surface area (Å²) in [5.74, 6) is 0.647. The number of aliphatic hydroxyl groups excluding tert-OH is 1. The van der Waals surface area contributed by atoms with Crippen molar-refractivity contribution in [1.29, 1.82) is 0 Å². The fraction of sp³-hybridized carbons (Fsp3) is 0.667. The molecule has 0 bridgehead atoms. The summed E-state index contributed by atoms with van der Waals surface area (Å²) in [6.07, 6.45) is 9.31. The molecular weight excluding hydrogens is 292 g/mol. The smallest absolute Gasteiger partial charge is 0.306 e. The lowest BCUT2D eigenvalue weighted by Gasteiger charge is -2.34. The van der Waals surface area contributed by atoms with Gasteiger partial charge in [-0.2, -0.15) is 0 Å². The summed E-state index contributed by atoms with van der Waals surface area (Å²) in [4.78, 5) is 15.2. The maximum atomic E-state index is 11.2. The molecule has 0 radical (unpaired) electrons. The van der Waals surface area contributed by atoms with Crippen LogP contribution in [-0.2, 0) is 9.53 Å². The number of esters is 1. The number of carbonyl (C=O) groups excluding carboxylic acids is 1. The molecule has 1 aromatic heterocycles. The standard InChI is InChI=1S/C18H26N2O3/c19-15(16-4-5-17(21)23-16)11-12-2-1-3-14(10-12)18(22)13-6-8-20-9-7-13/h6-9,12,14-16,18,22H,1-5,10-11,19H2/t12?,14?,15-,16-,18?/m0/s1. The molecule has 3 N–H and O–H groups in total. The van der Waals surface area contributed by atoms with Gasteiger partial charge in [0.25, 0.3) is 0 Å². The molecule has 126 valence electrons. The highest BCUT2D eigenvalue weighted by molar-refractivity contribution is 5.71. The van der Waals surface area contributed by atoms with Crippen molar-refractivity contribution >= 4 is 5.97 Å². The van der Waals surface area contributed by atoms with Crippen LogP contribution in [-0.4, -0.2) is 28.2 Å². The Morgan fingerprint density at radius 2 is 2.09 bits per heavy atom. The number of nitrogens with zero attached hydrogens (tertiary/aromatic N) is 1. The number of ether oxygens (including phenoxy) is 1. The van der Waals surface area contributed by atoms with Crippen LogP contribution in [0.5, 0.6) is 0 Å². The van der Waals surface area contributed by atoms with Gasteiger partial charge < -0.3 is 15.6 Å². The van der Waals surface area contributed by atoms with E-state index >= 15 is 0 Å². The van der Waals surface area contributed by atoms with Crippen LogP contribution in [0.1, 0.15) is 56.6 Å². The lowest BCUT2D eigenvalue weighted by atomic mass is 9.75. The molecule has 1 aromatic rings. The Kier molecular flexibility index (Phi) is 5.28. The van der Waals surface area contributed by atoms with Gasteiger partial charge in [0.05, 0.1) is 6.10 Å². The minimum atomic E-state index is -0.429. The highest BCUT2D eigenvalue weighted by atomic mass is 16.5. The summed E-state index contributed by atoms with van der Waals surface area (Å²) in [5.41, 5.74) is 7.20. The zero-order valence-corrected chi connectivity index (χ0v) is 13.4. The number of rotatable bonds is 5. The van der Waals surface area contributed by atoms with Gasteiger partial charge in [-0.05, 0) is 55.2 Å². The molecule has 1 saturated carbocycles. The van der Waals surface area contributed by atoms with Gasteiger partial charge in [-0.25, -0.2) is 0 Å². The van der Waals surface area contributed by atoms with Crippen LogP contribution in [0, 0.1) is 11.8 Å². The molecule has 1 aliphatic carbocycles. The first-order valence-electron chi connectivity index (χ1n) is 8.66. The number of pyridine rings is 1. The number of cyclic esters (lactones) is 1. The predicted octanol–water partition coefficient (Wildman–Crippen LogP) is 2.34. The van der Waals surface area contributed by atoms with Crippen LogP contribution in [0.15, 0.2) is 24.5 Å². The maximum absolute atomic E-state index is 11.2. The number of aromatic nitrogens is 1. The van der Waals surface area contributed by atoms with E-state index in [-0.39, 0.29) is 24.0 Å². The van der Waals surface area contributed by atoms with E-state index in [9.17, 15) is 9.90 Å². The molecule has 5 nitrogen and oxygen atoms in total. The van der Waals surface area contributed by atoms with E-state index in [0.717, 1.165) is 44.1 Å². The van der Waals surface area contributed by atoms with Gasteiger partial charge in [0.1, 0.15) is 6.10 Å². The minimum absolute atomic E-state index is 0.0803. The Bertz CT molecular complexity index is 522. The molecule has 5 atom stereocenters. The van der Waals surface area contributed by atoms with Gasteiger partial charge in [-0.3, -0.25) is 9.78 Å². The molecule has 0 amide bonds. The Morgan fingerprint density at radius 1 is 1.30 bits per heavy atom. The van der Waals surface area contributed by atoms with Crippen molar-refractivity contribution in [1.82, 2.24) is 4.98 Å². The Hall–Kier alpha value is -1.46. The lowest BCUT2D eigenvalue weighted by molar-refractivity contribution is -0.142. The average Bonchev–Trinajstić information content (AvgIpc) is 3.02. The van der Waals surface area contributed by atoms with E-state index in [2.05, 4.69) is 4.98 Å².